The van der Waals surface area contributed by atoms with E-state index in [-0.39, 0.29) is 52.4 Å². The number of primary amides is 1. The number of fused-ring (bicyclic) bond motifs is 2. The Morgan fingerprint density at radius 2 is 1.98 bits per heavy atom. The number of aromatic nitrogens is 2. The summed E-state index contributed by atoms with van der Waals surface area (Å²) in [6.45, 7) is 3.14. The molecule has 6 rings (SSSR count). The second kappa shape index (κ2) is 10.9. The van der Waals surface area contributed by atoms with Crippen LogP contribution in [0, 0.1) is 18.7 Å². The van der Waals surface area contributed by atoms with Crippen molar-refractivity contribution in [3.05, 3.63) is 80.8 Å². The van der Waals surface area contributed by atoms with Gasteiger partial charge in [-0.1, -0.05) is 35.3 Å². The maximum atomic E-state index is 14.5. The number of aryl methyl sites for hydroxylation is 1. The van der Waals surface area contributed by atoms with Crippen molar-refractivity contribution in [3.63, 3.8) is 0 Å². The van der Waals surface area contributed by atoms with Crippen LogP contribution >= 0.6 is 23.2 Å². The van der Waals surface area contributed by atoms with Gasteiger partial charge >= 0.3 is 0 Å². The van der Waals surface area contributed by atoms with Crippen LogP contribution in [0.5, 0.6) is 11.5 Å². The van der Waals surface area contributed by atoms with E-state index >= 15 is 0 Å². The van der Waals surface area contributed by atoms with E-state index in [0.29, 0.717) is 45.8 Å². The minimum atomic E-state index is -1.65. The number of hydrogen-bond acceptors (Lipinski definition) is 7. The average Bonchev–Trinajstić information content (AvgIpc) is 3.80. The number of hydrogen-bond donors (Lipinski definition) is 3. The lowest BCUT2D eigenvalue weighted by molar-refractivity contribution is -0.123. The van der Waals surface area contributed by atoms with Crippen LogP contribution in [0.3, 0.4) is 0 Å². The molecule has 1 aliphatic carbocycles. The van der Waals surface area contributed by atoms with Gasteiger partial charge in [-0.25, -0.2) is 14.4 Å². The predicted molar refractivity (Wildman–Crippen MR) is 164 cm³/mol. The third-order valence-electron chi connectivity index (χ3n) is 8.53. The number of nitrogens with one attached hydrogen (secondary N) is 1. The van der Waals surface area contributed by atoms with E-state index in [1.807, 2.05) is 0 Å². The highest BCUT2D eigenvalue weighted by Crippen LogP contribution is 2.50. The van der Waals surface area contributed by atoms with Crippen LogP contribution in [-0.2, 0) is 15.8 Å². The van der Waals surface area contributed by atoms with Gasteiger partial charge in [0.1, 0.15) is 46.1 Å². The predicted octanol–water partition coefficient (Wildman–Crippen LogP) is 5.22. The summed E-state index contributed by atoms with van der Waals surface area (Å²) in [6, 6.07) is 10.8. The summed E-state index contributed by atoms with van der Waals surface area (Å²) in [5.41, 5.74) is 5.33. The molecule has 12 heteroatoms. The fourth-order valence-corrected chi connectivity index (χ4v) is 5.98. The number of methoxy groups -OCH3 is 1. The minimum absolute atomic E-state index is 0.0659. The van der Waals surface area contributed by atoms with Crippen LogP contribution in [0.4, 0.5) is 4.39 Å². The monoisotopic (exact) mass is 638 g/mol. The zero-order valence-corrected chi connectivity index (χ0v) is 25.6. The average molecular weight is 640 g/mol. The number of nitrogens with zero attached hydrogens (tertiary/aromatic N) is 2. The molecule has 1 aliphatic heterocycles. The van der Waals surface area contributed by atoms with Crippen molar-refractivity contribution in [2.24, 2.45) is 11.7 Å². The number of pyridine rings is 2. The molecule has 1 fully saturated rings. The van der Waals surface area contributed by atoms with Crippen molar-refractivity contribution in [1.82, 2.24) is 15.3 Å². The maximum Gasteiger partial charge on any atom is 0.251 e. The normalized spacial score (nSPS) is 18.8. The topological polar surface area (TPSA) is 137 Å². The number of benzene rings is 2. The molecule has 0 saturated heterocycles. The van der Waals surface area contributed by atoms with Gasteiger partial charge in [-0.15, -0.1) is 0 Å². The standard InChI is InChI=1S/C32H29Cl2FN4O5/c1-15-21(33)10-16-9-17(11-23(43-3)26(16)38-15)29(40)37-13-32(42,18-7-8-18)24-12-20-28(44-14-31(20,2)30(36)41)27(39-24)19-5-4-6-22(35)25(19)34/h4-6,9-12,18,42H,7-8,13-14H2,1-3H3,(H2,36,41)(H,37,40)/t31-,32?/m0/s1. The first-order valence-corrected chi connectivity index (χ1v) is 14.7. The molecular weight excluding hydrogens is 610 g/mol. The number of rotatable bonds is 8. The van der Waals surface area contributed by atoms with E-state index < -0.39 is 28.6 Å². The van der Waals surface area contributed by atoms with Gasteiger partial charge in [0.2, 0.25) is 5.91 Å². The molecule has 9 nitrogen and oxygen atoms in total. The summed E-state index contributed by atoms with van der Waals surface area (Å²) >= 11 is 12.6. The molecular formula is C32H29Cl2FN4O5. The van der Waals surface area contributed by atoms with Crippen molar-refractivity contribution in [3.8, 4) is 22.8 Å². The highest BCUT2D eigenvalue weighted by molar-refractivity contribution is 6.33. The first-order valence-electron chi connectivity index (χ1n) is 14.0. The van der Waals surface area contributed by atoms with Crippen LogP contribution in [0.1, 0.15) is 47.1 Å². The van der Waals surface area contributed by atoms with Gasteiger partial charge < -0.3 is 25.6 Å². The van der Waals surface area contributed by atoms with E-state index in [0.717, 1.165) is 0 Å². The van der Waals surface area contributed by atoms with E-state index in [4.69, 9.17) is 43.4 Å². The summed E-state index contributed by atoms with van der Waals surface area (Å²) in [7, 11) is 1.49. The van der Waals surface area contributed by atoms with Crippen molar-refractivity contribution in [1.29, 1.82) is 0 Å². The Hall–Kier alpha value is -3.99. The molecule has 1 saturated carbocycles. The highest BCUT2D eigenvalue weighted by Gasteiger charge is 2.50. The first-order chi connectivity index (χ1) is 20.9. The van der Waals surface area contributed by atoms with Gasteiger partial charge in [0, 0.05) is 22.1 Å². The maximum absolute atomic E-state index is 14.5. The second-order valence-electron chi connectivity index (χ2n) is 11.5. The number of halogens is 3. The number of ether oxygens (including phenoxy) is 2. The zero-order chi connectivity index (χ0) is 31.6. The van der Waals surface area contributed by atoms with Crippen LogP contribution in [0.2, 0.25) is 10.0 Å². The number of carbonyl (C=O) groups excluding carboxylic acids is 2. The molecule has 228 valence electrons. The Kier molecular flexibility index (Phi) is 7.42. The number of amides is 2. The van der Waals surface area contributed by atoms with Gasteiger partial charge in [0.05, 0.1) is 35.1 Å². The molecule has 2 aromatic carbocycles. The molecule has 2 atom stereocenters. The van der Waals surface area contributed by atoms with Crippen molar-refractivity contribution < 1.29 is 28.6 Å². The van der Waals surface area contributed by atoms with E-state index in [9.17, 15) is 19.1 Å². The van der Waals surface area contributed by atoms with E-state index in [1.165, 1.54) is 19.2 Å². The van der Waals surface area contributed by atoms with Crippen LogP contribution in [-0.4, -0.2) is 47.2 Å². The summed E-state index contributed by atoms with van der Waals surface area (Å²) in [4.78, 5) is 35.3. The van der Waals surface area contributed by atoms with Crippen molar-refractivity contribution >= 4 is 45.9 Å². The summed E-state index contributed by atoms with van der Waals surface area (Å²) < 4.78 is 25.9. The number of aliphatic hydroxyl groups is 1. The summed E-state index contributed by atoms with van der Waals surface area (Å²) in [6.07, 6.45) is 1.36. The Bertz CT molecular complexity index is 1870. The molecule has 44 heavy (non-hydrogen) atoms. The van der Waals surface area contributed by atoms with Gasteiger partial charge in [-0.3, -0.25) is 9.59 Å². The third-order valence-corrected chi connectivity index (χ3v) is 9.30. The molecule has 0 radical (unpaired) electrons. The van der Waals surface area contributed by atoms with Crippen LogP contribution < -0.4 is 20.5 Å². The Morgan fingerprint density at radius 3 is 2.66 bits per heavy atom. The molecule has 0 bridgehead atoms. The van der Waals surface area contributed by atoms with Gasteiger partial charge in [0.15, 0.2) is 0 Å². The van der Waals surface area contributed by atoms with Gasteiger partial charge in [0.25, 0.3) is 5.91 Å². The fourth-order valence-electron chi connectivity index (χ4n) is 5.61. The quantitative estimate of drug-likeness (QED) is 0.241. The van der Waals surface area contributed by atoms with Crippen LogP contribution in [0.15, 0.2) is 42.5 Å². The van der Waals surface area contributed by atoms with Gasteiger partial charge in [-0.2, -0.15) is 0 Å². The number of nitrogens with two attached hydrogens (primary N) is 1. The zero-order valence-electron chi connectivity index (χ0n) is 24.1. The third kappa shape index (κ3) is 4.91. The Labute approximate surface area is 262 Å². The molecule has 1 unspecified atom stereocenters. The fraction of sp³-hybridized carbons (Fsp3) is 0.312. The molecule has 2 aromatic heterocycles. The lowest BCUT2D eigenvalue weighted by atomic mass is 9.81. The van der Waals surface area contributed by atoms with E-state index in [2.05, 4.69) is 10.3 Å². The Morgan fingerprint density at radius 1 is 1.23 bits per heavy atom. The summed E-state index contributed by atoms with van der Waals surface area (Å²) in [5.74, 6) is -1.39. The molecule has 4 N–H and O–H groups in total. The highest BCUT2D eigenvalue weighted by atomic mass is 35.5. The molecule has 3 heterocycles. The molecule has 4 aromatic rings. The largest absolute Gasteiger partial charge is 0.494 e. The molecule has 0 spiro atoms. The Balaban J connectivity index is 1.41. The smallest absolute Gasteiger partial charge is 0.251 e. The SMILES string of the molecule is COc1cc(C(=O)NCC(O)(c2cc3c(c(-c4cccc(F)c4Cl)n2)OC[C@]3(C)C(N)=O)C2CC2)cc2cc(Cl)c(C)nc12. The van der Waals surface area contributed by atoms with Crippen molar-refractivity contribution in [2.45, 2.75) is 37.7 Å². The van der Waals surface area contributed by atoms with Crippen LogP contribution in [0.25, 0.3) is 22.2 Å². The number of carbonyl (C=O) groups is 2. The first kappa shape index (κ1) is 30.1. The second-order valence-corrected chi connectivity index (χ2v) is 12.3. The van der Waals surface area contributed by atoms with Crippen molar-refractivity contribution in [2.75, 3.05) is 20.3 Å². The lowest BCUT2D eigenvalue weighted by Gasteiger charge is -2.30. The van der Waals surface area contributed by atoms with E-state index in [1.54, 1.807) is 44.2 Å². The minimum Gasteiger partial charge on any atom is -0.494 e. The van der Waals surface area contributed by atoms with Gasteiger partial charge in [-0.05, 0) is 62.9 Å². The lowest BCUT2D eigenvalue weighted by Crippen LogP contribution is -2.44. The molecule has 2 aliphatic rings. The summed E-state index contributed by atoms with van der Waals surface area (Å²) in [5, 5.41) is 15.9. The molecule has 2 amide bonds.